The Labute approximate surface area is 211 Å². The molecule has 1 aromatic carbocycles. The molecule has 36 heavy (non-hydrogen) atoms. The van der Waals surface area contributed by atoms with Crippen LogP contribution in [0.25, 0.3) is 6.08 Å². The molecular weight excluding hydrogens is 460 g/mol. The molecule has 0 atom stereocenters. The molecule has 4 rings (SSSR count). The molecule has 192 valence electrons. The summed E-state index contributed by atoms with van der Waals surface area (Å²) in [6.45, 7) is 7.51. The predicted octanol–water partition coefficient (Wildman–Crippen LogP) is 2.31. The second-order valence-electron chi connectivity index (χ2n) is 8.96. The highest BCUT2D eigenvalue weighted by molar-refractivity contribution is 6.27. The quantitative estimate of drug-likeness (QED) is 0.588. The van der Waals surface area contributed by atoms with Crippen molar-refractivity contribution in [2.24, 2.45) is 5.92 Å². The van der Waals surface area contributed by atoms with Gasteiger partial charge in [-0.25, -0.2) is 9.59 Å². The summed E-state index contributed by atoms with van der Waals surface area (Å²) in [6.07, 6.45) is 10.1. The van der Waals surface area contributed by atoms with Gasteiger partial charge in [-0.3, -0.25) is 19.6 Å². The molecule has 2 N–H and O–H groups in total. The molecule has 2 aromatic rings. The van der Waals surface area contributed by atoms with Crippen molar-refractivity contribution in [3.05, 3.63) is 72.1 Å². The monoisotopic (exact) mass is 494 g/mol. The van der Waals surface area contributed by atoms with E-state index in [4.69, 9.17) is 19.8 Å². The van der Waals surface area contributed by atoms with Crippen LogP contribution in [0.5, 0.6) is 0 Å². The van der Waals surface area contributed by atoms with Crippen LogP contribution in [0.15, 0.2) is 60.9 Å². The van der Waals surface area contributed by atoms with Crippen LogP contribution in [0.4, 0.5) is 0 Å². The van der Waals surface area contributed by atoms with Gasteiger partial charge in [0.25, 0.3) is 0 Å². The number of carboxylic acids is 2. The fraction of sp³-hybridized carbons (Fsp3) is 0.407. The van der Waals surface area contributed by atoms with Crippen molar-refractivity contribution in [3.8, 4) is 0 Å². The average Bonchev–Trinajstić information content (AvgIpc) is 2.91. The van der Waals surface area contributed by atoms with Gasteiger partial charge in [-0.05, 0) is 43.1 Å². The third-order valence-electron chi connectivity index (χ3n) is 6.41. The van der Waals surface area contributed by atoms with E-state index in [1.165, 1.54) is 11.1 Å². The predicted molar refractivity (Wildman–Crippen MR) is 136 cm³/mol. The van der Waals surface area contributed by atoms with Gasteiger partial charge in [-0.2, -0.15) is 0 Å². The lowest BCUT2D eigenvalue weighted by Gasteiger charge is -2.38. The molecule has 9 heteroatoms. The zero-order valence-corrected chi connectivity index (χ0v) is 20.4. The first kappa shape index (κ1) is 27.0. The fourth-order valence-corrected chi connectivity index (χ4v) is 4.40. The minimum atomic E-state index is -1.82. The summed E-state index contributed by atoms with van der Waals surface area (Å²) < 4.78 is 0. The molecule has 0 unspecified atom stereocenters. The largest absolute Gasteiger partial charge is 0.473 e. The standard InChI is InChI=1S/C25H32N4O.C2H2O4/c30-25(24-10-14-28(15-11-24)21-23-8-4-12-26-20-23)29-18-16-27(17-19-29)13-5-9-22-6-2-1-3-7-22;3-1(4)2(5)6/h1-9,12,20,24H,10-11,13-19,21H2;(H,3,4)(H,5,6). The van der Waals surface area contributed by atoms with Crippen LogP contribution < -0.4 is 0 Å². The number of hydrogen-bond donors (Lipinski definition) is 2. The summed E-state index contributed by atoms with van der Waals surface area (Å²) in [6, 6.07) is 14.5. The Morgan fingerprint density at radius 1 is 0.861 bits per heavy atom. The van der Waals surface area contributed by atoms with Gasteiger partial charge >= 0.3 is 11.9 Å². The van der Waals surface area contributed by atoms with Gasteiger partial charge in [0.2, 0.25) is 5.91 Å². The topological polar surface area (TPSA) is 114 Å². The summed E-state index contributed by atoms with van der Waals surface area (Å²) in [5, 5.41) is 14.8. The second kappa shape index (κ2) is 14.1. The smallest absolute Gasteiger partial charge is 0.414 e. The van der Waals surface area contributed by atoms with Gasteiger partial charge in [0.1, 0.15) is 0 Å². The Morgan fingerprint density at radius 2 is 1.53 bits per heavy atom. The molecule has 2 aliphatic heterocycles. The summed E-state index contributed by atoms with van der Waals surface area (Å²) in [4.78, 5) is 42.4. The van der Waals surface area contributed by atoms with Crippen LogP contribution in [0.2, 0.25) is 0 Å². The third-order valence-corrected chi connectivity index (χ3v) is 6.41. The van der Waals surface area contributed by atoms with Crippen LogP contribution in [0.3, 0.4) is 0 Å². The number of aromatic nitrogens is 1. The van der Waals surface area contributed by atoms with Gasteiger partial charge in [0.15, 0.2) is 0 Å². The van der Waals surface area contributed by atoms with Gasteiger partial charge in [0, 0.05) is 57.6 Å². The van der Waals surface area contributed by atoms with E-state index in [1.807, 2.05) is 24.5 Å². The number of nitrogens with zero attached hydrogens (tertiary/aromatic N) is 4. The maximum absolute atomic E-state index is 13.0. The van der Waals surface area contributed by atoms with E-state index < -0.39 is 11.9 Å². The lowest BCUT2D eigenvalue weighted by molar-refractivity contribution is -0.159. The highest BCUT2D eigenvalue weighted by Gasteiger charge is 2.30. The number of piperidine rings is 1. The Hall–Kier alpha value is -3.56. The van der Waals surface area contributed by atoms with Crippen LogP contribution in [0, 0.1) is 5.92 Å². The van der Waals surface area contributed by atoms with Gasteiger partial charge in [-0.1, -0.05) is 48.6 Å². The van der Waals surface area contributed by atoms with E-state index in [0.717, 1.165) is 65.2 Å². The normalized spacial score (nSPS) is 17.4. The zero-order chi connectivity index (χ0) is 25.8. The number of carboxylic acid groups (broad SMARTS) is 2. The van der Waals surface area contributed by atoms with Gasteiger partial charge < -0.3 is 15.1 Å². The Balaban J connectivity index is 0.000000538. The Bertz CT molecular complexity index is 987. The summed E-state index contributed by atoms with van der Waals surface area (Å²) in [5.74, 6) is -3.08. The van der Waals surface area contributed by atoms with Crippen molar-refractivity contribution in [1.29, 1.82) is 0 Å². The number of pyridine rings is 1. The minimum Gasteiger partial charge on any atom is -0.473 e. The van der Waals surface area contributed by atoms with Crippen LogP contribution in [-0.4, -0.2) is 93.6 Å². The number of amides is 1. The number of rotatable bonds is 6. The Kier molecular flexibility index (Phi) is 10.6. The molecule has 0 bridgehead atoms. The van der Waals surface area contributed by atoms with Crippen molar-refractivity contribution in [3.63, 3.8) is 0 Å². The minimum absolute atomic E-state index is 0.194. The highest BCUT2D eigenvalue weighted by atomic mass is 16.4. The molecule has 0 radical (unpaired) electrons. The molecule has 0 saturated carbocycles. The van der Waals surface area contributed by atoms with Gasteiger partial charge in [0.05, 0.1) is 0 Å². The van der Waals surface area contributed by atoms with E-state index in [9.17, 15) is 4.79 Å². The summed E-state index contributed by atoms with van der Waals surface area (Å²) >= 11 is 0. The number of carbonyl (C=O) groups excluding carboxylic acids is 1. The first-order valence-corrected chi connectivity index (χ1v) is 12.2. The number of carbonyl (C=O) groups is 3. The summed E-state index contributed by atoms with van der Waals surface area (Å²) in [5.41, 5.74) is 2.49. The van der Waals surface area contributed by atoms with Crippen LogP contribution in [-0.2, 0) is 20.9 Å². The molecule has 2 aliphatic rings. The number of benzene rings is 1. The molecular formula is C27H34N4O5. The van der Waals surface area contributed by atoms with Crippen molar-refractivity contribution in [1.82, 2.24) is 19.7 Å². The lowest BCUT2D eigenvalue weighted by Crippen LogP contribution is -2.51. The molecule has 0 spiro atoms. The van der Waals surface area contributed by atoms with E-state index in [1.54, 1.807) is 0 Å². The molecule has 1 amide bonds. The van der Waals surface area contributed by atoms with Crippen molar-refractivity contribution >= 4 is 23.9 Å². The number of aliphatic carboxylic acids is 2. The van der Waals surface area contributed by atoms with Crippen molar-refractivity contribution in [2.45, 2.75) is 19.4 Å². The number of piperazine rings is 1. The van der Waals surface area contributed by atoms with Crippen LogP contribution in [0.1, 0.15) is 24.0 Å². The number of hydrogen-bond acceptors (Lipinski definition) is 6. The third kappa shape index (κ3) is 8.90. The Morgan fingerprint density at radius 3 is 2.11 bits per heavy atom. The lowest BCUT2D eigenvalue weighted by atomic mass is 9.94. The SMILES string of the molecule is O=C(C1CCN(Cc2cccnc2)CC1)N1CCN(CC=Cc2ccccc2)CC1.O=C(O)C(=O)O. The molecule has 2 saturated heterocycles. The second-order valence-corrected chi connectivity index (χ2v) is 8.96. The van der Waals surface area contributed by atoms with E-state index in [0.29, 0.717) is 5.91 Å². The van der Waals surface area contributed by atoms with Crippen LogP contribution >= 0.6 is 0 Å². The molecule has 1 aromatic heterocycles. The maximum atomic E-state index is 13.0. The zero-order valence-electron chi connectivity index (χ0n) is 20.4. The fourth-order valence-electron chi connectivity index (χ4n) is 4.40. The van der Waals surface area contributed by atoms with Gasteiger partial charge in [-0.15, -0.1) is 0 Å². The number of likely N-dealkylation sites (tertiary alicyclic amines) is 1. The highest BCUT2D eigenvalue weighted by Crippen LogP contribution is 2.22. The van der Waals surface area contributed by atoms with E-state index in [2.05, 4.69) is 62.2 Å². The maximum Gasteiger partial charge on any atom is 0.414 e. The van der Waals surface area contributed by atoms with E-state index in [-0.39, 0.29) is 5.92 Å². The molecule has 2 fully saturated rings. The average molecular weight is 495 g/mol. The molecule has 0 aliphatic carbocycles. The van der Waals surface area contributed by atoms with E-state index >= 15 is 0 Å². The van der Waals surface area contributed by atoms with Crippen molar-refractivity contribution in [2.75, 3.05) is 45.8 Å². The first-order valence-electron chi connectivity index (χ1n) is 12.2. The first-order chi connectivity index (χ1) is 17.4. The molecule has 3 heterocycles. The van der Waals surface area contributed by atoms with Crippen molar-refractivity contribution < 1.29 is 24.6 Å². The summed E-state index contributed by atoms with van der Waals surface area (Å²) in [7, 11) is 0. The molecule has 9 nitrogen and oxygen atoms in total.